The molecule has 0 unspecified atom stereocenters. The third-order valence-electron chi connectivity index (χ3n) is 7.21. The summed E-state index contributed by atoms with van der Waals surface area (Å²) in [5.74, 6) is -0.0101. The first-order chi connectivity index (χ1) is 17.6. The van der Waals surface area contributed by atoms with Crippen molar-refractivity contribution in [3.8, 4) is 0 Å². The number of halogens is 3. The second kappa shape index (κ2) is 11.5. The molecule has 1 saturated heterocycles. The predicted octanol–water partition coefficient (Wildman–Crippen LogP) is 5.81. The Labute approximate surface area is 214 Å². The number of rotatable bonds is 7. The van der Waals surface area contributed by atoms with E-state index in [1.807, 2.05) is 4.90 Å². The average molecular weight is 519 g/mol. The molecule has 1 amide bonds. The maximum Gasteiger partial charge on any atom is 0.418 e. The van der Waals surface area contributed by atoms with E-state index in [0.29, 0.717) is 44.5 Å². The Hall–Kier alpha value is -3.14. The van der Waals surface area contributed by atoms with Gasteiger partial charge in [-0.2, -0.15) is 13.2 Å². The van der Waals surface area contributed by atoms with E-state index in [1.165, 1.54) is 22.9 Å². The molecule has 4 rings (SSSR count). The summed E-state index contributed by atoms with van der Waals surface area (Å²) < 4.78 is 45.4. The van der Waals surface area contributed by atoms with E-state index in [-0.39, 0.29) is 24.7 Å². The van der Waals surface area contributed by atoms with Crippen LogP contribution >= 0.6 is 0 Å². The SMILES string of the molecule is Cc1ccc(N2CCN(C(=O)COC3CCC(Nc4ccc(N=O)c(C(F)(F)F)c4)CC3)CC2)c(C)c1. The number of nitroso groups, excluding NO2 is 1. The third-order valence-corrected chi connectivity index (χ3v) is 7.21. The number of benzene rings is 2. The largest absolute Gasteiger partial charge is 0.418 e. The van der Waals surface area contributed by atoms with Crippen LogP contribution in [-0.2, 0) is 15.7 Å². The summed E-state index contributed by atoms with van der Waals surface area (Å²) in [6.07, 6.45) is -1.85. The number of nitrogens with one attached hydrogen (secondary N) is 1. The van der Waals surface area contributed by atoms with Crippen molar-refractivity contribution in [3.63, 3.8) is 0 Å². The predicted molar refractivity (Wildman–Crippen MR) is 137 cm³/mol. The Kier molecular flexibility index (Phi) is 8.36. The molecule has 1 N–H and O–H groups in total. The third kappa shape index (κ3) is 6.80. The van der Waals surface area contributed by atoms with Crippen molar-refractivity contribution in [1.82, 2.24) is 4.90 Å². The number of aryl methyl sites for hydroxylation is 2. The van der Waals surface area contributed by atoms with Gasteiger partial charge < -0.3 is 19.9 Å². The molecule has 0 radical (unpaired) electrons. The van der Waals surface area contributed by atoms with Crippen molar-refractivity contribution in [2.75, 3.05) is 43.0 Å². The minimum atomic E-state index is -4.65. The molecule has 2 aromatic carbocycles. The van der Waals surface area contributed by atoms with Crippen LogP contribution in [-0.4, -0.2) is 55.7 Å². The van der Waals surface area contributed by atoms with E-state index in [1.54, 1.807) is 0 Å². The van der Waals surface area contributed by atoms with Crippen molar-refractivity contribution >= 4 is 23.0 Å². The van der Waals surface area contributed by atoms with Crippen molar-refractivity contribution in [3.05, 3.63) is 58.0 Å². The van der Waals surface area contributed by atoms with Gasteiger partial charge in [-0.1, -0.05) is 17.7 Å². The lowest BCUT2D eigenvalue weighted by molar-refractivity contribution is -0.139. The van der Waals surface area contributed by atoms with Gasteiger partial charge in [0.15, 0.2) is 0 Å². The highest BCUT2D eigenvalue weighted by Crippen LogP contribution is 2.38. The standard InChI is InChI=1S/C27H33F3N4O3/c1-18-3-10-25(19(2)15-18)33-11-13-34(14-12-33)26(35)17-37-22-7-4-20(5-8-22)31-21-6-9-24(32-36)23(16-21)27(28,29)30/h3,6,9-10,15-16,20,22,31H,4-5,7-8,11-14,17H2,1-2H3. The molecule has 0 aromatic heterocycles. The van der Waals surface area contributed by atoms with Crippen LogP contribution in [0.4, 0.5) is 30.2 Å². The number of carbonyl (C=O) groups excluding carboxylic acids is 1. The maximum absolute atomic E-state index is 13.2. The Morgan fingerprint density at radius 3 is 2.35 bits per heavy atom. The van der Waals surface area contributed by atoms with Crippen LogP contribution in [0.1, 0.15) is 42.4 Å². The molecule has 1 aliphatic heterocycles. The fourth-order valence-corrected chi connectivity index (χ4v) is 5.18. The first kappa shape index (κ1) is 26.9. The van der Waals surface area contributed by atoms with E-state index < -0.39 is 17.4 Å². The summed E-state index contributed by atoms with van der Waals surface area (Å²) in [5.41, 5.74) is 2.33. The number of amides is 1. The highest BCUT2D eigenvalue weighted by molar-refractivity contribution is 5.77. The Bertz CT molecular complexity index is 1110. The van der Waals surface area contributed by atoms with Crippen molar-refractivity contribution in [1.29, 1.82) is 0 Å². The van der Waals surface area contributed by atoms with Gasteiger partial charge >= 0.3 is 6.18 Å². The van der Waals surface area contributed by atoms with Gasteiger partial charge in [-0.3, -0.25) is 4.79 Å². The molecule has 1 aliphatic carbocycles. The van der Waals surface area contributed by atoms with Crippen LogP contribution in [0.25, 0.3) is 0 Å². The van der Waals surface area contributed by atoms with Crippen LogP contribution in [0.3, 0.4) is 0 Å². The molecule has 2 aliphatic rings. The zero-order chi connectivity index (χ0) is 26.6. The molecule has 0 bridgehead atoms. The molecule has 0 atom stereocenters. The minimum absolute atomic E-state index is 0.00927. The van der Waals surface area contributed by atoms with E-state index in [4.69, 9.17) is 4.74 Å². The Morgan fingerprint density at radius 2 is 1.73 bits per heavy atom. The summed E-state index contributed by atoms with van der Waals surface area (Å²) in [6, 6.07) is 9.86. The lowest BCUT2D eigenvalue weighted by Crippen LogP contribution is -2.50. The number of nitrogens with zero attached hydrogens (tertiary/aromatic N) is 3. The number of anilines is 2. The zero-order valence-electron chi connectivity index (χ0n) is 21.2. The molecule has 37 heavy (non-hydrogen) atoms. The smallest absolute Gasteiger partial charge is 0.382 e. The molecule has 10 heteroatoms. The molecule has 2 aromatic rings. The molecule has 7 nitrogen and oxygen atoms in total. The summed E-state index contributed by atoms with van der Waals surface area (Å²) >= 11 is 0. The molecule has 2 fully saturated rings. The Balaban J connectivity index is 1.19. The van der Waals surface area contributed by atoms with Crippen LogP contribution in [0.15, 0.2) is 41.6 Å². The van der Waals surface area contributed by atoms with Gasteiger partial charge in [0.1, 0.15) is 12.3 Å². The van der Waals surface area contributed by atoms with Gasteiger partial charge in [-0.15, -0.1) is 4.91 Å². The van der Waals surface area contributed by atoms with Crippen molar-refractivity contribution < 1.29 is 22.7 Å². The van der Waals surface area contributed by atoms with E-state index >= 15 is 0 Å². The van der Waals surface area contributed by atoms with Gasteiger partial charge in [0.25, 0.3) is 0 Å². The zero-order valence-corrected chi connectivity index (χ0v) is 21.2. The first-order valence-corrected chi connectivity index (χ1v) is 12.7. The van der Waals surface area contributed by atoms with Gasteiger partial charge in [-0.25, -0.2) is 0 Å². The highest BCUT2D eigenvalue weighted by Gasteiger charge is 2.35. The lowest BCUT2D eigenvalue weighted by Gasteiger charge is -2.37. The summed E-state index contributed by atoms with van der Waals surface area (Å²) in [5, 5.41) is 5.61. The van der Waals surface area contributed by atoms with Gasteiger partial charge in [0.05, 0.1) is 11.7 Å². The van der Waals surface area contributed by atoms with Gasteiger partial charge in [-0.05, 0) is 74.5 Å². The van der Waals surface area contributed by atoms with E-state index in [2.05, 4.69) is 47.4 Å². The quantitative estimate of drug-likeness (QED) is 0.469. The topological polar surface area (TPSA) is 74.2 Å². The molecule has 0 spiro atoms. The molecule has 1 heterocycles. The summed E-state index contributed by atoms with van der Waals surface area (Å²) in [7, 11) is 0. The molecule has 200 valence electrons. The number of carbonyl (C=O) groups is 1. The molecular weight excluding hydrogens is 485 g/mol. The normalized spacial score (nSPS) is 20.6. The maximum atomic E-state index is 13.2. The number of hydrogen-bond donors (Lipinski definition) is 1. The van der Waals surface area contributed by atoms with Crippen LogP contribution in [0.2, 0.25) is 0 Å². The second-order valence-corrected chi connectivity index (χ2v) is 9.91. The number of ether oxygens (including phenoxy) is 1. The average Bonchev–Trinajstić information content (AvgIpc) is 2.88. The Morgan fingerprint density at radius 1 is 1.03 bits per heavy atom. The molecular formula is C27H33F3N4O3. The van der Waals surface area contributed by atoms with Crippen LogP contribution in [0.5, 0.6) is 0 Å². The van der Waals surface area contributed by atoms with Gasteiger partial charge in [0, 0.05) is 43.6 Å². The van der Waals surface area contributed by atoms with Crippen molar-refractivity contribution in [2.24, 2.45) is 5.18 Å². The fraction of sp³-hybridized carbons (Fsp3) is 0.519. The summed E-state index contributed by atoms with van der Waals surface area (Å²) in [6.45, 7) is 7.11. The van der Waals surface area contributed by atoms with Gasteiger partial charge in [0.2, 0.25) is 5.91 Å². The minimum Gasteiger partial charge on any atom is -0.382 e. The number of piperazine rings is 1. The number of alkyl halides is 3. The summed E-state index contributed by atoms with van der Waals surface area (Å²) in [4.78, 5) is 27.6. The molecule has 1 saturated carbocycles. The lowest BCUT2D eigenvalue weighted by atomic mass is 9.92. The van der Waals surface area contributed by atoms with Crippen molar-refractivity contribution in [2.45, 2.75) is 57.9 Å². The van der Waals surface area contributed by atoms with E-state index in [9.17, 15) is 22.9 Å². The fourth-order valence-electron chi connectivity index (χ4n) is 5.18. The monoisotopic (exact) mass is 518 g/mol. The van der Waals surface area contributed by atoms with E-state index in [0.717, 1.165) is 25.2 Å². The second-order valence-electron chi connectivity index (χ2n) is 9.91. The van der Waals surface area contributed by atoms with Crippen LogP contribution < -0.4 is 10.2 Å². The number of hydrogen-bond acceptors (Lipinski definition) is 6. The highest BCUT2D eigenvalue weighted by atomic mass is 19.4. The first-order valence-electron chi connectivity index (χ1n) is 12.7. The van der Waals surface area contributed by atoms with Crippen LogP contribution in [0, 0.1) is 18.8 Å².